The van der Waals surface area contributed by atoms with Gasteiger partial charge in [0.1, 0.15) is 5.69 Å². The van der Waals surface area contributed by atoms with Crippen molar-refractivity contribution in [1.29, 1.82) is 0 Å². The van der Waals surface area contributed by atoms with E-state index in [0.717, 1.165) is 11.3 Å². The summed E-state index contributed by atoms with van der Waals surface area (Å²) in [7, 11) is 0. The highest BCUT2D eigenvalue weighted by molar-refractivity contribution is 7.13. The Morgan fingerprint density at radius 2 is 2.69 bits per heavy atom. The van der Waals surface area contributed by atoms with E-state index in [1.165, 1.54) is 5.38 Å². The average molecular weight is 203 g/mol. The third-order valence-corrected chi connectivity index (χ3v) is 1.78. The molecule has 0 atom stereocenters. The number of nitrogens with zero attached hydrogens (tertiary/aromatic N) is 2. The highest BCUT2D eigenvalue weighted by atomic mass is 32.1. The summed E-state index contributed by atoms with van der Waals surface area (Å²) in [4.78, 5) is 18.2. The molecule has 0 bridgehead atoms. The van der Waals surface area contributed by atoms with Gasteiger partial charge in [0, 0.05) is 5.38 Å². The fourth-order valence-electron chi connectivity index (χ4n) is 0.628. The van der Waals surface area contributed by atoms with Crippen LogP contribution in [0.5, 0.6) is 0 Å². The lowest BCUT2D eigenvalue weighted by molar-refractivity contribution is -0.102. The van der Waals surface area contributed by atoms with Gasteiger partial charge in [-0.2, -0.15) is 0 Å². The van der Waals surface area contributed by atoms with Crippen LogP contribution in [0.15, 0.2) is 10.5 Å². The molecule has 70 valence electrons. The van der Waals surface area contributed by atoms with Gasteiger partial charge >= 0.3 is 0 Å². The van der Waals surface area contributed by atoms with Gasteiger partial charge in [-0.25, -0.2) is 9.37 Å². The minimum absolute atomic E-state index is 0.0781. The van der Waals surface area contributed by atoms with Gasteiger partial charge in [0.05, 0.1) is 0 Å². The maximum atomic E-state index is 11.5. The van der Waals surface area contributed by atoms with Crippen molar-refractivity contribution in [3.63, 3.8) is 0 Å². The van der Waals surface area contributed by atoms with Crippen molar-refractivity contribution in [2.45, 2.75) is 0 Å². The average Bonchev–Trinajstić information content (AvgIpc) is 2.54. The zero-order valence-corrected chi connectivity index (χ0v) is 7.25. The van der Waals surface area contributed by atoms with Crippen molar-refractivity contribution >= 4 is 28.5 Å². The maximum Gasteiger partial charge on any atom is 0.255 e. The molecule has 0 fully saturated rings. The molecule has 1 heterocycles. The number of carbonyl (C=O) groups excluding carboxylic acids is 1. The molecular formula is C6H6FN3O2S. The Labute approximate surface area is 77.0 Å². The second-order valence-electron chi connectivity index (χ2n) is 1.90. The first-order chi connectivity index (χ1) is 6.27. The molecule has 7 heteroatoms. The lowest BCUT2D eigenvalue weighted by Crippen LogP contribution is -2.04. The Bertz CT molecular complexity index is 325. The van der Waals surface area contributed by atoms with E-state index < -0.39 is 6.86 Å². The Kier molecular flexibility index (Phi) is 3.32. The number of aldehydes is 1. The number of alkyl halides is 1. The van der Waals surface area contributed by atoms with E-state index >= 15 is 0 Å². The van der Waals surface area contributed by atoms with Crippen LogP contribution in [-0.4, -0.2) is 23.8 Å². The second-order valence-corrected chi connectivity index (χ2v) is 2.79. The van der Waals surface area contributed by atoms with E-state index in [-0.39, 0.29) is 11.4 Å². The largest absolute Gasteiger partial charge is 0.375 e. The minimum Gasteiger partial charge on any atom is -0.375 e. The summed E-state index contributed by atoms with van der Waals surface area (Å²) in [5.41, 5.74) is 5.53. The van der Waals surface area contributed by atoms with Crippen LogP contribution < -0.4 is 5.73 Å². The molecule has 0 aliphatic heterocycles. The predicted molar refractivity (Wildman–Crippen MR) is 46.2 cm³/mol. The van der Waals surface area contributed by atoms with Crippen molar-refractivity contribution in [2.24, 2.45) is 5.16 Å². The van der Waals surface area contributed by atoms with Crippen molar-refractivity contribution in [3.05, 3.63) is 11.1 Å². The standard InChI is InChI=1S/C6H6FN3O2S/c7-3-12-10-4(1-11)5-2-13-6(8)9-5/h1-2H,3H2,(H2,8,9). The molecule has 1 rings (SSSR count). The number of halogens is 1. The first-order valence-corrected chi connectivity index (χ1v) is 4.08. The van der Waals surface area contributed by atoms with E-state index in [0.29, 0.717) is 11.4 Å². The van der Waals surface area contributed by atoms with Gasteiger partial charge < -0.3 is 10.6 Å². The number of hydrogen-bond acceptors (Lipinski definition) is 6. The third kappa shape index (κ3) is 2.48. The molecule has 1 aromatic heterocycles. The summed E-state index contributed by atoms with van der Waals surface area (Å²) in [5, 5.41) is 5.05. The predicted octanol–water partition coefficient (Wildman–Crippen LogP) is 0.572. The van der Waals surface area contributed by atoms with E-state index in [9.17, 15) is 9.18 Å². The smallest absolute Gasteiger partial charge is 0.255 e. The Hall–Kier alpha value is -1.50. The summed E-state index contributed by atoms with van der Waals surface area (Å²) < 4.78 is 11.5. The van der Waals surface area contributed by atoms with E-state index in [4.69, 9.17) is 5.73 Å². The zero-order valence-electron chi connectivity index (χ0n) is 6.44. The first-order valence-electron chi connectivity index (χ1n) is 3.20. The van der Waals surface area contributed by atoms with Crippen LogP contribution in [0.4, 0.5) is 9.52 Å². The number of nitrogen functional groups attached to an aromatic ring is 1. The first kappa shape index (κ1) is 9.59. The third-order valence-electron chi connectivity index (χ3n) is 1.11. The number of nitrogens with two attached hydrogens (primary N) is 1. The number of hydrogen-bond donors (Lipinski definition) is 1. The van der Waals surface area contributed by atoms with E-state index in [1.54, 1.807) is 0 Å². The number of anilines is 1. The van der Waals surface area contributed by atoms with E-state index in [1.807, 2.05) is 0 Å². The van der Waals surface area contributed by atoms with Gasteiger partial charge in [0.25, 0.3) is 6.86 Å². The molecule has 0 saturated carbocycles. The fourth-order valence-corrected chi connectivity index (χ4v) is 1.18. The molecule has 1 aromatic rings. The monoisotopic (exact) mass is 203 g/mol. The fraction of sp³-hybridized carbons (Fsp3) is 0.167. The van der Waals surface area contributed by atoms with Crippen LogP contribution in [0.1, 0.15) is 5.69 Å². The van der Waals surface area contributed by atoms with Crippen molar-refractivity contribution < 1.29 is 14.0 Å². The van der Waals surface area contributed by atoms with Crippen LogP contribution in [0.3, 0.4) is 0 Å². The SMILES string of the molecule is Nc1nc(C(C=O)=NOCF)cs1. The van der Waals surface area contributed by atoms with Gasteiger partial charge in [-0.3, -0.25) is 4.79 Å². The molecule has 0 aliphatic carbocycles. The molecule has 0 unspecified atom stereocenters. The molecule has 0 aliphatic rings. The Morgan fingerprint density at radius 3 is 3.15 bits per heavy atom. The van der Waals surface area contributed by atoms with Gasteiger partial charge in [-0.15, -0.1) is 11.3 Å². The summed E-state index contributed by atoms with van der Waals surface area (Å²) in [5.74, 6) is 0. The van der Waals surface area contributed by atoms with Gasteiger partial charge in [-0.1, -0.05) is 5.16 Å². The van der Waals surface area contributed by atoms with Gasteiger partial charge in [0.2, 0.25) is 0 Å². The minimum atomic E-state index is -1.09. The van der Waals surface area contributed by atoms with Crippen molar-refractivity contribution in [2.75, 3.05) is 12.6 Å². The molecule has 0 amide bonds. The summed E-state index contributed by atoms with van der Waals surface area (Å²) in [6, 6.07) is 0. The molecule has 5 nitrogen and oxygen atoms in total. The topological polar surface area (TPSA) is 77.6 Å². The van der Waals surface area contributed by atoms with E-state index in [2.05, 4.69) is 15.0 Å². The van der Waals surface area contributed by atoms with Gasteiger partial charge in [0.15, 0.2) is 17.1 Å². The highest BCUT2D eigenvalue weighted by Crippen LogP contribution is 2.11. The summed E-state index contributed by atoms with van der Waals surface area (Å²) >= 11 is 1.16. The quantitative estimate of drug-likeness (QED) is 0.441. The van der Waals surface area contributed by atoms with Crippen molar-refractivity contribution in [1.82, 2.24) is 4.98 Å². The zero-order chi connectivity index (χ0) is 9.68. The number of rotatable bonds is 4. The highest BCUT2D eigenvalue weighted by Gasteiger charge is 2.06. The Balaban J connectivity index is 2.84. The second kappa shape index (κ2) is 4.51. The molecule has 0 aromatic carbocycles. The lowest BCUT2D eigenvalue weighted by Gasteiger charge is -1.92. The normalized spacial score (nSPS) is 11.3. The van der Waals surface area contributed by atoms with Crippen LogP contribution >= 0.6 is 11.3 Å². The number of oxime groups is 1. The summed E-state index contributed by atoms with van der Waals surface area (Å²) in [6.45, 7) is -1.09. The summed E-state index contributed by atoms with van der Waals surface area (Å²) in [6.07, 6.45) is 0.421. The molecule has 0 radical (unpaired) electrons. The Morgan fingerprint density at radius 1 is 1.92 bits per heavy atom. The number of carbonyl (C=O) groups is 1. The number of aromatic nitrogens is 1. The molecule has 13 heavy (non-hydrogen) atoms. The van der Waals surface area contributed by atoms with Crippen LogP contribution in [-0.2, 0) is 9.63 Å². The van der Waals surface area contributed by atoms with Crippen LogP contribution in [0.25, 0.3) is 0 Å². The molecular weight excluding hydrogens is 197 g/mol. The van der Waals surface area contributed by atoms with Gasteiger partial charge in [-0.05, 0) is 0 Å². The molecule has 2 N–H and O–H groups in total. The van der Waals surface area contributed by atoms with Crippen molar-refractivity contribution in [3.8, 4) is 0 Å². The maximum absolute atomic E-state index is 11.5. The lowest BCUT2D eigenvalue weighted by atomic mass is 10.3. The molecule has 0 spiro atoms. The van der Waals surface area contributed by atoms with Crippen LogP contribution in [0, 0.1) is 0 Å². The number of thiazole rings is 1. The molecule has 0 saturated heterocycles. The van der Waals surface area contributed by atoms with Crippen LogP contribution in [0.2, 0.25) is 0 Å².